The fraction of sp³-hybridized carbons (Fsp3) is 0.524. The van der Waals surface area contributed by atoms with Gasteiger partial charge in [-0.25, -0.2) is 9.59 Å². The van der Waals surface area contributed by atoms with Crippen molar-refractivity contribution >= 4 is 29.5 Å². The predicted molar refractivity (Wildman–Crippen MR) is 106 cm³/mol. The molecule has 0 bridgehead atoms. The number of carbonyl (C=O) groups excluding carboxylic acids is 4. The quantitative estimate of drug-likeness (QED) is 0.415. The summed E-state index contributed by atoms with van der Waals surface area (Å²) in [5.74, 6) is -1.20. The lowest BCUT2D eigenvalue weighted by Crippen LogP contribution is -2.48. The number of ether oxygens (including phenoxy) is 1. The Morgan fingerprint density at radius 2 is 1.83 bits per heavy atom. The molecular formula is C21H27N3O5. The van der Waals surface area contributed by atoms with Crippen LogP contribution in [0.2, 0.25) is 0 Å². The van der Waals surface area contributed by atoms with Gasteiger partial charge in [0.05, 0.1) is 12.2 Å². The normalized spacial score (nSPS) is 17.9. The average Bonchev–Trinajstić information content (AvgIpc) is 2.93. The number of urea groups is 1. The molecule has 0 atom stereocenters. The second kappa shape index (κ2) is 9.07. The Labute approximate surface area is 170 Å². The molecule has 0 aromatic heterocycles. The van der Waals surface area contributed by atoms with Crippen LogP contribution in [0.4, 0.5) is 10.5 Å². The number of benzene rings is 1. The third-order valence-corrected chi connectivity index (χ3v) is 5.39. The Balaban J connectivity index is 1.55. The van der Waals surface area contributed by atoms with Crippen LogP contribution in [-0.4, -0.2) is 47.4 Å². The number of nitrogens with one attached hydrogen (secondary N) is 2. The van der Waals surface area contributed by atoms with Crippen molar-refractivity contribution in [2.75, 3.05) is 18.5 Å². The molecule has 4 amide bonds. The molecule has 0 radical (unpaired) electrons. The summed E-state index contributed by atoms with van der Waals surface area (Å²) in [5, 5.41) is 5.44. The van der Waals surface area contributed by atoms with E-state index in [-0.39, 0.29) is 12.5 Å². The van der Waals surface area contributed by atoms with Crippen LogP contribution in [-0.2, 0) is 14.3 Å². The third kappa shape index (κ3) is 4.75. The monoisotopic (exact) mass is 401 g/mol. The topological polar surface area (TPSA) is 105 Å². The summed E-state index contributed by atoms with van der Waals surface area (Å²) in [7, 11) is 0. The van der Waals surface area contributed by atoms with Gasteiger partial charge in [0.1, 0.15) is 12.1 Å². The summed E-state index contributed by atoms with van der Waals surface area (Å²) in [6, 6.07) is 5.78. The number of rotatable bonds is 7. The number of hydrogen-bond acceptors (Lipinski definition) is 5. The van der Waals surface area contributed by atoms with Crippen molar-refractivity contribution in [3.05, 3.63) is 29.8 Å². The van der Waals surface area contributed by atoms with Crippen molar-refractivity contribution < 1.29 is 23.9 Å². The molecule has 0 unspecified atom stereocenters. The van der Waals surface area contributed by atoms with Gasteiger partial charge in [0.2, 0.25) is 5.91 Å². The Bertz CT molecular complexity index is 784. The zero-order valence-electron chi connectivity index (χ0n) is 16.7. The SMILES string of the molecule is CCCCOC(=O)c1ccc(NC(=O)CN2C(=O)NC3(CCCCC3)C2=O)cc1. The highest BCUT2D eigenvalue weighted by Gasteiger charge is 2.51. The van der Waals surface area contributed by atoms with E-state index in [0.29, 0.717) is 30.7 Å². The molecule has 2 fully saturated rings. The molecule has 29 heavy (non-hydrogen) atoms. The highest BCUT2D eigenvalue weighted by Crippen LogP contribution is 2.33. The molecule has 8 heteroatoms. The fourth-order valence-corrected chi connectivity index (χ4v) is 3.74. The minimum Gasteiger partial charge on any atom is -0.462 e. The van der Waals surface area contributed by atoms with Crippen molar-refractivity contribution in [1.29, 1.82) is 0 Å². The highest BCUT2D eigenvalue weighted by molar-refractivity contribution is 6.10. The maximum absolute atomic E-state index is 12.7. The van der Waals surface area contributed by atoms with Gasteiger partial charge in [-0.2, -0.15) is 0 Å². The molecule has 2 N–H and O–H groups in total. The molecule has 2 aliphatic rings. The number of hydrogen-bond donors (Lipinski definition) is 2. The number of amides is 4. The molecule has 1 spiro atoms. The van der Waals surface area contributed by atoms with E-state index >= 15 is 0 Å². The Morgan fingerprint density at radius 3 is 2.48 bits per heavy atom. The second-order valence-corrected chi connectivity index (χ2v) is 7.58. The number of anilines is 1. The molecule has 1 heterocycles. The van der Waals surface area contributed by atoms with Gasteiger partial charge in [-0.1, -0.05) is 32.6 Å². The van der Waals surface area contributed by atoms with Crippen LogP contribution < -0.4 is 10.6 Å². The summed E-state index contributed by atoms with van der Waals surface area (Å²) < 4.78 is 5.14. The van der Waals surface area contributed by atoms with Gasteiger partial charge >= 0.3 is 12.0 Å². The van der Waals surface area contributed by atoms with Gasteiger partial charge in [-0.05, 0) is 43.5 Å². The maximum Gasteiger partial charge on any atom is 0.338 e. The van der Waals surface area contributed by atoms with Crippen molar-refractivity contribution in [1.82, 2.24) is 10.2 Å². The molecule has 156 valence electrons. The molecule has 3 rings (SSSR count). The summed E-state index contributed by atoms with van der Waals surface area (Å²) in [6.45, 7) is 2.05. The molecule has 8 nitrogen and oxygen atoms in total. The molecular weight excluding hydrogens is 374 g/mol. The Morgan fingerprint density at radius 1 is 1.14 bits per heavy atom. The zero-order chi connectivity index (χ0) is 20.9. The Hall–Kier alpha value is -2.90. The molecule has 1 aliphatic carbocycles. The number of nitrogens with zero attached hydrogens (tertiary/aromatic N) is 1. The maximum atomic E-state index is 12.7. The van der Waals surface area contributed by atoms with Gasteiger partial charge in [-0.3, -0.25) is 14.5 Å². The van der Waals surface area contributed by atoms with Gasteiger partial charge in [-0.15, -0.1) is 0 Å². The second-order valence-electron chi connectivity index (χ2n) is 7.58. The van der Waals surface area contributed by atoms with E-state index in [1.807, 2.05) is 6.92 Å². The van der Waals surface area contributed by atoms with E-state index in [2.05, 4.69) is 10.6 Å². The smallest absolute Gasteiger partial charge is 0.338 e. The fourth-order valence-electron chi connectivity index (χ4n) is 3.74. The van der Waals surface area contributed by atoms with E-state index in [0.717, 1.165) is 37.0 Å². The van der Waals surface area contributed by atoms with Gasteiger partial charge < -0.3 is 15.4 Å². The summed E-state index contributed by atoms with van der Waals surface area (Å²) in [5.41, 5.74) is 0.0297. The first-order valence-electron chi connectivity index (χ1n) is 10.2. The summed E-state index contributed by atoms with van der Waals surface area (Å²) in [6.07, 6.45) is 5.81. The standard InChI is InChI=1S/C21H27N3O5/c1-2-3-13-29-18(26)15-7-9-16(10-8-15)22-17(25)14-24-19(27)21(23-20(24)28)11-5-4-6-12-21/h7-10H,2-6,11-14H2,1H3,(H,22,25)(H,23,28). The van der Waals surface area contributed by atoms with E-state index in [9.17, 15) is 19.2 Å². The number of esters is 1. The van der Waals surface area contributed by atoms with Crippen LogP contribution in [0.1, 0.15) is 62.2 Å². The van der Waals surface area contributed by atoms with Crippen molar-refractivity contribution in [3.63, 3.8) is 0 Å². The first-order chi connectivity index (χ1) is 13.9. The largest absolute Gasteiger partial charge is 0.462 e. The van der Waals surface area contributed by atoms with E-state index in [4.69, 9.17) is 4.74 Å². The van der Waals surface area contributed by atoms with Crippen LogP contribution >= 0.6 is 0 Å². The van der Waals surface area contributed by atoms with Gasteiger partial charge in [0.15, 0.2) is 0 Å². The van der Waals surface area contributed by atoms with Crippen LogP contribution in [0, 0.1) is 0 Å². The zero-order valence-corrected chi connectivity index (χ0v) is 16.7. The van der Waals surface area contributed by atoms with Crippen molar-refractivity contribution in [2.24, 2.45) is 0 Å². The van der Waals surface area contributed by atoms with E-state index < -0.39 is 23.4 Å². The molecule has 1 aliphatic heterocycles. The molecule has 1 saturated heterocycles. The van der Waals surface area contributed by atoms with E-state index in [1.54, 1.807) is 24.3 Å². The van der Waals surface area contributed by atoms with Gasteiger partial charge in [0.25, 0.3) is 5.91 Å². The highest BCUT2D eigenvalue weighted by atomic mass is 16.5. The van der Waals surface area contributed by atoms with Crippen molar-refractivity contribution in [3.8, 4) is 0 Å². The van der Waals surface area contributed by atoms with Crippen LogP contribution in [0.3, 0.4) is 0 Å². The number of imide groups is 1. The van der Waals surface area contributed by atoms with Crippen LogP contribution in [0.15, 0.2) is 24.3 Å². The lowest BCUT2D eigenvalue weighted by Gasteiger charge is -2.30. The molecule has 1 aromatic rings. The number of unbranched alkanes of at least 4 members (excludes halogenated alkanes) is 1. The third-order valence-electron chi connectivity index (χ3n) is 5.39. The van der Waals surface area contributed by atoms with Crippen molar-refractivity contribution in [2.45, 2.75) is 57.4 Å². The summed E-state index contributed by atoms with van der Waals surface area (Å²) in [4.78, 5) is 50.2. The van der Waals surface area contributed by atoms with Gasteiger partial charge in [0, 0.05) is 5.69 Å². The first kappa shape index (κ1) is 20.8. The van der Waals surface area contributed by atoms with E-state index in [1.165, 1.54) is 0 Å². The summed E-state index contributed by atoms with van der Waals surface area (Å²) >= 11 is 0. The lowest BCUT2D eigenvalue weighted by atomic mass is 9.82. The molecule has 1 saturated carbocycles. The molecule has 1 aromatic carbocycles. The predicted octanol–water partition coefficient (Wildman–Crippen LogP) is 2.84. The first-order valence-corrected chi connectivity index (χ1v) is 10.2. The minimum absolute atomic E-state index is 0.317. The average molecular weight is 401 g/mol. The Kier molecular flexibility index (Phi) is 6.51. The van der Waals surface area contributed by atoms with Crippen LogP contribution in [0.25, 0.3) is 0 Å². The minimum atomic E-state index is -0.838. The van der Waals surface area contributed by atoms with Crippen LogP contribution in [0.5, 0.6) is 0 Å². The number of carbonyl (C=O) groups is 4. The lowest BCUT2D eigenvalue weighted by molar-refractivity contribution is -0.134.